The molecule has 0 aliphatic heterocycles. The van der Waals surface area contributed by atoms with Crippen LogP contribution in [0.3, 0.4) is 0 Å². The Morgan fingerprint density at radius 2 is 2.04 bits per heavy atom. The maximum absolute atomic E-state index is 13.9. The molecule has 2 heterocycles. The summed E-state index contributed by atoms with van der Waals surface area (Å²) in [4.78, 5) is 10.5. The highest BCUT2D eigenvalue weighted by Gasteiger charge is 2.12. The van der Waals surface area contributed by atoms with Crippen LogP contribution in [0.25, 0.3) is 10.9 Å². The monoisotopic (exact) mass is 335 g/mol. The SMILES string of the molecule is Cc1cc(F)cc2c(NCc3ccnc(N(C)C)c3)c(C#N)cnc12. The molecule has 3 aromatic rings. The van der Waals surface area contributed by atoms with Crippen molar-refractivity contribution in [2.24, 2.45) is 0 Å². The number of fused-ring (bicyclic) bond motifs is 1. The van der Waals surface area contributed by atoms with E-state index in [1.165, 1.54) is 18.3 Å². The fraction of sp³-hybridized carbons (Fsp3) is 0.211. The van der Waals surface area contributed by atoms with Gasteiger partial charge < -0.3 is 10.2 Å². The average Bonchev–Trinajstić information content (AvgIpc) is 2.59. The maximum Gasteiger partial charge on any atom is 0.128 e. The molecule has 0 radical (unpaired) electrons. The smallest absolute Gasteiger partial charge is 0.128 e. The number of nitrogens with zero attached hydrogens (tertiary/aromatic N) is 4. The zero-order valence-electron chi connectivity index (χ0n) is 14.3. The number of hydrogen-bond donors (Lipinski definition) is 1. The van der Waals surface area contributed by atoms with Gasteiger partial charge in [-0.15, -0.1) is 0 Å². The van der Waals surface area contributed by atoms with Crippen molar-refractivity contribution >= 4 is 22.4 Å². The summed E-state index contributed by atoms with van der Waals surface area (Å²) in [6.07, 6.45) is 3.26. The second kappa shape index (κ2) is 6.73. The molecule has 5 nitrogen and oxygen atoms in total. The molecule has 1 aromatic carbocycles. The van der Waals surface area contributed by atoms with Gasteiger partial charge in [0.25, 0.3) is 0 Å². The van der Waals surface area contributed by atoms with Gasteiger partial charge in [0.1, 0.15) is 17.7 Å². The largest absolute Gasteiger partial charge is 0.379 e. The van der Waals surface area contributed by atoms with Crippen LogP contribution in [0, 0.1) is 24.1 Å². The standard InChI is InChI=1S/C19H18FN5/c1-12-6-15(20)8-16-18(12)24-11-14(9-21)19(16)23-10-13-4-5-22-17(7-13)25(2)3/h4-8,11H,10H2,1-3H3,(H,23,24). The lowest BCUT2D eigenvalue weighted by Gasteiger charge is -2.15. The van der Waals surface area contributed by atoms with E-state index < -0.39 is 0 Å². The summed E-state index contributed by atoms with van der Waals surface area (Å²) in [5, 5.41) is 13.3. The lowest BCUT2D eigenvalue weighted by molar-refractivity contribution is 0.628. The number of benzene rings is 1. The first-order chi connectivity index (χ1) is 12.0. The Morgan fingerprint density at radius 1 is 1.24 bits per heavy atom. The van der Waals surface area contributed by atoms with Gasteiger partial charge in [0, 0.05) is 38.4 Å². The van der Waals surface area contributed by atoms with E-state index in [0.717, 1.165) is 16.9 Å². The summed E-state index contributed by atoms with van der Waals surface area (Å²) in [6, 6.07) is 8.85. The van der Waals surface area contributed by atoms with Gasteiger partial charge in [-0.05, 0) is 42.3 Å². The molecular formula is C19H18FN5. The van der Waals surface area contributed by atoms with Gasteiger partial charge in [0.05, 0.1) is 16.8 Å². The lowest BCUT2D eigenvalue weighted by atomic mass is 10.1. The molecule has 0 atom stereocenters. The van der Waals surface area contributed by atoms with E-state index in [0.29, 0.717) is 28.7 Å². The molecule has 0 fully saturated rings. The van der Waals surface area contributed by atoms with Crippen molar-refractivity contribution in [1.29, 1.82) is 5.26 Å². The van der Waals surface area contributed by atoms with E-state index >= 15 is 0 Å². The van der Waals surface area contributed by atoms with Crippen LogP contribution in [0.2, 0.25) is 0 Å². The maximum atomic E-state index is 13.9. The van der Waals surface area contributed by atoms with Crippen molar-refractivity contribution in [3.05, 3.63) is 59.2 Å². The van der Waals surface area contributed by atoms with Crippen molar-refractivity contribution in [2.45, 2.75) is 13.5 Å². The third-order valence-corrected chi connectivity index (χ3v) is 3.98. The van der Waals surface area contributed by atoms with Crippen molar-refractivity contribution < 1.29 is 4.39 Å². The number of aryl methyl sites for hydroxylation is 1. The minimum Gasteiger partial charge on any atom is -0.379 e. The van der Waals surface area contributed by atoms with Crippen molar-refractivity contribution in [1.82, 2.24) is 9.97 Å². The first kappa shape index (κ1) is 16.7. The molecule has 0 unspecified atom stereocenters. The van der Waals surface area contributed by atoms with Crippen LogP contribution in [0.15, 0.2) is 36.7 Å². The number of hydrogen-bond acceptors (Lipinski definition) is 5. The molecule has 1 N–H and O–H groups in total. The molecule has 0 saturated heterocycles. The molecule has 6 heteroatoms. The number of nitrogens with one attached hydrogen (secondary N) is 1. The van der Waals surface area contributed by atoms with Crippen LogP contribution in [-0.2, 0) is 6.54 Å². The molecule has 3 rings (SSSR count). The van der Waals surface area contributed by atoms with Crippen molar-refractivity contribution in [2.75, 3.05) is 24.3 Å². The van der Waals surface area contributed by atoms with Gasteiger partial charge in [-0.25, -0.2) is 9.37 Å². The number of anilines is 2. The zero-order valence-corrected chi connectivity index (χ0v) is 14.3. The van der Waals surface area contributed by atoms with E-state index in [2.05, 4.69) is 21.4 Å². The Kier molecular flexibility index (Phi) is 4.48. The molecule has 25 heavy (non-hydrogen) atoms. The zero-order chi connectivity index (χ0) is 18.0. The molecular weight excluding hydrogens is 317 g/mol. The van der Waals surface area contributed by atoms with Crippen LogP contribution < -0.4 is 10.2 Å². The van der Waals surface area contributed by atoms with Crippen LogP contribution in [0.5, 0.6) is 0 Å². The normalized spacial score (nSPS) is 10.5. The number of rotatable bonds is 4. The van der Waals surface area contributed by atoms with Crippen molar-refractivity contribution in [3.8, 4) is 6.07 Å². The number of pyridine rings is 2. The van der Waals surface area contributed by atoms with Gasteiger partial charge >= 0.3 is 0 Å². The van der Waals surface area contributed by atoms with E-state index in [-0.39, 0.29) is 5.82 Å². The Balaban J connectivity index is 2.01. The third-order valence-electron chi connectivity index (χ3n) is 3.98. The fourth-order valence-corrected chi connectivity index (χ4v) is 2.72. The van der Waals surface area contributed by atoms with E-state index in [9.17, 15) is 9.65 Å². The molecule has 2 aromatic heterocycles. The summed E-state index contributed by atoms with van der Waals surface area (Å²) in [5.41, 5.74) is 3.42. The summed E-state index contributed by atoms with van der Waals surface area (Å²) < 4.78 is 13.9. The van der Waals surface area contributed by atoms with Crippen LogP contribution in [-0.4, -0.2) is 24.1 Å². The molecule has 126 valence electrons. The Morgan fingerprint density at radius 3 is 2.76 bits per heavy atom. The van der Waals surface area contributed by atoms with Crippen molar-refractivity contribution in [3.63, 3.8) is 0 Å². The van der Waals surface area contributed by atoms with Gasteiger partial charge in [-0.3, -0.25) is 4.98 Å². The number of aromatic nitrogens is 2. The highest BCUT2D eigenvalue weighted by atomic mass is 19.1. The average molecular weight is 335 g/mol. The van der Waals surface area contributed by atoms with E-state index in [1.807, 2.05) is 31.1 Å². The summed E-state index contributed by atoms with van der Waals surface area (Å²) in [7, 11) is 3.85. The topological polar surface area (TPSA) is 64.8 Å². The van der Waals surface area contributed by atoms with Gasteiger partial charge in [-0.2, -0.15) is 5.26 Å². The van der Waals surface area contributed by atoms with Gasteiger partial charge in [-0.1, -0.05) is 0 Å². The molecule has 0 amide bonds. The van der Waals surface area contributed by atoms with Crippen LogP contribution in [0.1, 0.15) is 16.7 Å². The van der Waals surface area contributed by atoms with Crippen LogP contribution in [0.4, 0.5) is 15.9 Å². The Hall–Kier alpha value is -3.20. The highest BCUT2D eigenvalue weighted by Crippen LogP contribution is 2.29. The predicted octanol–water partition coefficient (Wildman–Crippen LogP) is 3.63. The lowest BCUT2D eigenvalue weighted by Crippen LogP contribution is -2.11. The van der Waals surface area contributed by atoms with E-state index in [1.54, 1.807) is 13.1 Å². The second-order valence-corrected chi connectivity index (χ2v) is 6.05. The van der Waals surface area contributed by atoms with Gasteiger partial charge in [0.2, 0.25) is 0 Å². The highest BCUT2D eigenvalue weighted by molar-refractivity contribution is 5.95. The number of halogens is 1. The molecule has 0 saturated carbocycles. The summed E-state index contributed by atoms with van der Waals surface area (Å²) in [5.74, 6) is 0.505. The third kappa shape index (κ3) is 3.36. The molecule has 0 aliphatic carbocycles. The first-order valence-corrected chi connectivity index (χ1v) is 7.84. The van der Waals surface area contributed by atoms with Crippen LogP contribution >= 0.6 is 0 Å². The van der Waals surface area contributed by atoms with Gasteiger partial charge in [0.15, 0.2) is 0 Å². The fourth-order valence-electron chi connectivity index (χ4n) is 2.72. The number of nitriles is 1. The Bertz CT molecular complexity index is 975. The molecule has 0 bridgehead atoms. The minimum absolute atomic E-state index is 0.344. The Labute approximate surface area is 145 Å². The summed E-state index contributed by atoms with van der Waals surface area (Å²) >= 11 is 0. The first-order valence-electron chi connectivity index (χ1n) is 7.84. The molecule has 0 aliphatic rings. The quantitative estimate of drug-likeness (QED) is 0.789. The molecule has 0 spiro atoms. The van der Waals surface area contributed by atoms with E-state index in [4.69, 9.17) is 0 Å². The second-order valence-electron chi connectivity index (χ2n) is 6.05. The predicted molar refractivity (Wildman–Crippen MR) is 97.0 cm³/mol. The summed E-state index contributed by atoms with van der Waals surface area (Å²) in [6.45, 7) is 2.30. The minimum atomic E-state index is -0.344.